The topological polar surface area (TPSA) is 85.5 Å². The minimum atomic E-state index is -3.51. The highest BCUT2D eigenvalue weighted by Gasteiger charge is 2.30. The number of hydrogen-bond acceptors (Lipinski definition) is 5. The van der Waals surface area contributed by atoms with Crippen LogP contribution < -0.4 is 5.32 Å². The first-order valence-corrected chi connectivity index (χ1v) is 10.4. The number of hydrogen-bond donors (Lipinski definition) is 2. The summed E-state index contributed by atoms with van der Waals surface area (Å²) in [5.41, 5.74) is 0.337. The molecule has 0 saturated carbocycles. The number of sulfonamides is 1. The van der Waals surface area contributed by atoms with Gasteiger partial charge < -0.3 is 15.2 Å². The van der Waals surface area contributed by atoms with E-state index < -0.39 is 10.0 Å². The fraction of sp³-hybridized carbons (Fsp3) is 0.643. The van der Waals surface area contributed by atoms with Gasteiger partial charge in [0.05, 0.1) is 0 Å². The zero-order valence-electron chi connectivity index (χ0n) is 13.1. The van der Waals surface area contributed by atoms with Crippen LogP contribution in [0.1, 0.15) is 17.4 Å². The van der Waals surface area contributed by atoms with Gasteiger partial charge in [-0.25, -0.2) is 8.42 Å². The van der Waals surface area contributed by atoms with Crippen LogP contribution in [0.4, 0.5) is 0 Å². The molecule has 2 aliphatic heterocycles. The molecule has 2 fully saturated rings. The first kappa shape index (κ1) is 16.8. The van der Waals surface area contributed by atoms with Gasteiger partial charge >= 0.3 is 0 Å². The van der Waals surface area contributed by atoms with Gasteiger partial charge in [0.15, 0.2) is 0 Å². The third kappa shape index (κ3) is 3.42. The predicted octanol–water partition coefficient (Wildman–Crippen LogP) is 0.186. The van der Waals surface area contributed by atoms with Crippen LogP contribution in [0.25, 0.3) is 0 Å². The van der Waals surface area contributed by atoms with Crippen molar-refractivity contribution in [2.75, 3.05) is 44.2 Å². The maximum Gasteiger partial charge on any atom is 0.270 e. The molecule has 2 saturated heterocycles. The van der Waals surface area contributed by atoms with E-state index in [2.05, 4.69) is 10.3 Å². The smallest absolute Gasteiger partial charge is 0.270 e. The third-order valence-corrected chi connectivity index (χ3v) is 7.08. The lowest BCUT2D eigenvalue weighted by atomic mass is 10.2. The Labute approximate surface area is 140 Å². The molecule has 1 amide bonds. The van der Waals surface area contributed by atoms with E-state index in [1.165, 1.54) is 16.6 Å². The summed E-state index contributed by atoms with van der Waals surface area (Å²) >= 11 is 1.76. The largest absolute Gasteiger partial charge is 0.356 e. The number of rotatable bonds is 3. The van der Waals surface area contributed by atoms with E-state index in [1.807, 2.05) is 6.92 Å². The molecule has 2 N–H and O–H groups in total. The number of amides is 1. The standard InChI is InChI=1S/C14H22N4O3S2/c1-11-9-15-2-3-18(11)14(19)13-8-12(10-16-13)23(20,21)17-4-6-22-7-5-17/h8,10-11,15-16H,2-7,9H2,1H3. The maximum atomic E-state index is 12.6. The van der Waals surface area contributed by atoms with Crippen molar-refractivity contribution in [3.63, 3.8) is 0 Å². The summed E-state index contributed by atoms with van der Waals surface area (Å²) in [5, 5.41) is 3.23. The molecule has 1 aromatic rings. The van der Waals surface area contributed by atoms with Crippen molar-refractivity contribution < 1.29 is 13.2 Å². The van der Waals surface area contributed by atoms with Crippen molar-refractivity contribution in [2.24, 2.45) is 0 Å². The van der Waals surface area contributed by atoms with E-state index in [0.717, 1.165) is 24.6 Å². The van der Waals surface area contributed by atoms with Gasteiger partial charge in [0, 0.05) is 56.5 Å². The van der Waals surface area contributed by atoms with Gasteiger partial charge in [0.25, 0.3) is 5.91 Å². The molecule has 1 atom stereocenters. The third-order valence-electron chi connectivity index (χ3n) is 4.26. The molecule has 9 heteroatoms. The van der Waals surface area contributed by atoms with Crippen molar-refractivity contribution in [3.8, 4) is 0 Å². The molecule has 128 valence electrons. The molecule has 2 aliphatic rings. The van der Waals surface area contributed by atoms with Gasteiger partial charge in [-0.2, -0.15) is 16.1 Å². The van der Waals surface area contributed by atoms with Crippen LogP contribution in [0.3, 0.4) is 0 Å². The van der Waals surface area contributed by atoms with Crippen molar-refractivity contribution in [1.82, 2.24) is 19.5 Å². The molecule has 0 aliphatic carbocycles. The number of aromatic nitrogens is 1. The highest BCUT2D eigenvalue weighted by atomic mass is 32.2. The van der Waals surface area contributed by atoms with Crippen molar-refractivity contribution in [1.29, 1.82) is 0 Å². The highest BCUT2D eigenvalue weighted by molar-refractivity contribution is 7.99. The number of piperazine rings is 1. The lowest BCUT2D eigenvalue weighted by Crippen LogP contribution is -2.52. The van der Waals surface area contributed by atoms with Crippen molar-refractivity contribution in [2.45, 2.75) is 17.9 Å². The highest BCUT2D eigenvalue weighted by Crippen LogP contribution is 2.21. The van der Waals surface area contributed by atoms with Crippen LogP contribution in [0.15, 0.2) is 17.2 Å². The number of nitrogens with one attached hydrogen (secondary N) is 2. The number of thioether (sulfide) groups is 1. The van der Waals surface area contributed by atoms with Crippen LogP contribution >= 0.6 is 11.8 Å². The van der Waals surface area contributed by atoms with Crippen LogP contribution in [0.2, 0.25) is 0 Å². The Morgan fingerprint density at radius 3 is 2.74 bits per heavy atom. The summed E-state index contributed by atoms with van der Waals surface area (Å²) in [6.45, 7) is 5.17. The van der Waals surface area contributed by atoms with Crippen LogP contribution in [0.5, 0.6) is 0 Å². The van der Waals surface area contributed by atoms with Crippen molar-refractivity contribution >= 4 is 27.7 Å². The minimum absolute atomic E-state index is 0.0960. The number of nitrogens with zero attached hydrogens (tertiary/aromatic N) is 2. The van der Waals surface area contributed by atoms with Gasteiger partial charge in [-0.15, -0.1) is 0 Å². The normalized spacial score (nSPS) is 23.9. The summed E-state index contributed by atoms with van der Waals surface area (Å²) in [4.78, 5) is 17.4. The van der Waals surface area contributed by atoms with Crippen molar-refractivity contribution in [3.05, 3.63) is 18.0 Å². The molecule has 3 heterocycles. The zero-order valence-corrected chi connectivity index (χ0v) is 14.8. The molecule has 1 unspecified atom stereocenters. The Hall–Kier alpha value is -1.03. The summed E-state index contributed by atoms with van der Waals surface area (Å²) < 4.78 is 26.7. The van der Waals surface area contributed by atoms with Gasteiger partial charge in [0.2, 0.25) is 10.0 Å². The molecule has 23 heavy (non-hydrogen) atoms. The van der Waals surface area contributed by atoms with E-state index in [0.29, 0.717) is 25.3 Å². The van der Waals surface area contributed by atoms with Crippen LogP contribution in [-0.2, 0) is 10.0 Å². The molecule has 0 aromatic carbocycles. The van der Waals surface area contributed by atoms with Gasteiger partial charge in [0.1, 0.15) is 10.6 Å². The average Bonchev–Trinajstić information content (AvgIpc) is 3.06. The zero-order chi connectivity index (χ0) is 16.4. The van der Waals surface area contributed by atoms with Crippen LogP contribution in [0, 0.1) is 0 Å². The quantitative estimate of drug-likeness (QED) is 0.805. The number of H-pyrrole nitrogens is 1. The van der Waals surface area contributed by atoms with Gasteiger partial charge in [-0.3, -0.25) is 4.79 Å². The van der Waals surface area contributed by atoms with E-state index in [-0.39, 0.29) is 16.8 Å². The SMILES string of the molecule is CC1CNCCN1C(=O)c1cc(S(=O)(=O)N2CCSCC2)c[nH]1. The van der Waals surface area contributed by atoms with E-state index in [4.69, 9.17) is 0 Å². The monoisotopic (exact) mass is 358 g/mol. The number of aromatic amines is 1. The Morgan fingerprint density at radius 2 is 2.04 bits per heavy atom. The molecule has 3 rings (SSSR count). The van der Waals surface area contributed by atoms with Crippen LogP contribution in [-0.4, -0.2) is 78.8 Å². The Bertz CT molecular complexity index is 667. The molecule has 0 radical (unpaired) electrons. The summed E-state index contributed by atoms with van der Waals surface area (Å²) in [6.07, 6.45) is 1.43. The number of carbonyl (C=O) groups is 1. The van der Waals surface area contributed by atoms with E-state index >= 15 is 0 Å². The Morgan fingerprint density at radius 1 is 1.30 bits per heavy atom. The fourth-order valence-corrected chi connectivity index (χ4v) is 5.45. The first-order chi connectivity index (χ1) is 11.0. The van der Waals surface area contributed by atoms with Gasteiger partial charge in [-0.05, 0) is 13.0 Å². The molecular weight excluding hydrogens is 336 g/mol. The maximum absolute atomic E-state index is 12.6. The summed E-state index contributed by atoms with van der Waals surface area (Å²) in [5.74, 6) is 1.48. The predicted molar refractivity (Wildman–Crippen MR) is 90.2 cm³/mol. The Kier molecular flexibility index (Phi) is 5.00. The summed E-state index contributed by atoms with van der Waals surface area (Å²) in [7, 11) is -3.51. The van der Waals surface area contributed by atoms with E-state index in [9.17, 15) is 13.2 Å². The second-order valence-electron chi connectivity index (χ2n) is 5.82. The fourth-order valence-electron chi connectivity index (χ4n) is 2.88. The molecule has 0 bridgehead atoms. The Balaban J connectivity index is 1.78. The summed E-state index contributed by atoms with van der Waals surface area (Å²) in [6, 6.07) is 1.56. The number of carbonyl (C=O) groups excluding carboxylic acids is 1. The lowest BCUT2D eigenvalue weighted by molar-refractivity contribution is 0.0650. The average molecular weight is 358 g/mol. The molecular formula is C14H22N4O3S2. The second-order valence-corrected chi connectivity index (χ2v) is 8.98. The lowest BCUT2D eigenvalue weighted by Gasteiger charge is -2.33. The minimum Gasteiger partial charge on any atom is -0.356 e. The molecule has 7 nitrogen and oxygen atoms in total. The van der Waals surface area contributed by atoms with Gasteiger partial charge in [-0.1, -0.05) is 0 Å². The molecule has 0 spiro atoms. The second kappa shape index (κ2) is 6.84. The van der Waals surface area contributed by atoms with E-state index in [1.54, 1.807) is 16.7 Å². The first-order valence-electron chi connectivity index (χ1n) is 7.78. The molecule has 1 aromatic heterocycles.